The molecule has 0 amide bonds. The van der Waals surface area contributed by atoms with E-state index in [1.165, 1.54) is 0 Å². The van der Waals surface area contributed by atoms with Crippen molar-refractivity contribution in [3.63, 3.8) is 0 Å². The van der Waals surface area contributed by atoms with Crippen molar-refractivity contribution in [3.8, 4) is 0 Å². The molecule has 3 nitrogen and oxygen atoms in total. The molecule has 1 N–H and O–H groups in total. The van der Waals surface area contributed by atoms with Gasteiger partial charge in [0.15, 0.2) is 0 Å². The van der Waals surface area contributed by atoms with E-state index in [-0.39, 0.29) is 0 Å². The summed E-state index contributed by atoms with van der Waals surface area (Å²) in [4.78, 5) is 14.4. The van der Waals surface area contributed by atoms with Gasteiger partial charge in [-0.05, 0) is 18.9 Å². The van der Waals surface area contributed by atoms with Gasteiger partial charge in [0.1, 0.15) is 0 Å². The predicted molar refractivity (Wildman–Crippen MR) is 52.6 cm³/mol. The molecular formula is C11H12O3. The normalized spacial score (nSPS) is 11.1. The van der Waals surface area contributed by atoms with Gasteiger partial charge in [-0.3, -0.25) is 4.89 Å². The highest BCUT2D eigenvalue weighted by molar-refractivity contribution is 5.87. The Bertz CT molecular complexity index is 328. The van der Waals surface area contributed by atoms with Crippen LogP contribution in [0.1, 0.15) is 12.5 Å². The summed E-state index contributed by atoms with van der Waals surface area (Å²) in [6.07, 6.45) is 2.37. The Hall–Kier alpha value is -1.61. The first-order valence-electron chi connectivity index (χ1n) is 4.30. The van der Waals surface area contributed by atoms with Crippen LogP contribution in [0.5, 0.6) is 0 Å². The first kappa shape index (κ1) is 10.5. The summed E-state index contributed by atoms with van der Waals surface area (Å²) in [6, 6.07) is 9.73. The maximum atomic E-state index is 10.8. The van der Waals surface area contributed by atoms with Crippen LogP contribution in [0.4, 0.5) is 0 Å². The van der Waals surface area contributed by atoms with Crippen molar-refractivity contribution < 1.29 is 14.9 Å². The lowest BCUT2D eigenvalue weighted by molar-refractivity contribution is -0.229. The van der Waals surface area contributed by atoms with Gasteiger partial charge in [-0.1, -0.05) is 36.4 Å². The fraction of sp³-hybridized carbons (Fsp3) is 0.182. The summed E-state index contributed by atoms with van der Waals surface area (Å²) in [5.74, 6) is -0.707. The topological polar surface area (TPSA) is 46.5 Å². The number of hydrogen-bond acceptors (Lipinski definition) is 3. The summed E-state index contributed by atoms with van der Waals surface area (Å²) < 4.78 is 0. The molecule has 0 fully saturated rings. The number of rotatable bonds is 3. The quantitative estimate of drug-likeness (QED) is 0.453. The van der Waals surface area contributed by atoms with E-state index in [1.54, 1.807) is 13.0 Å². The third-order valence-corrected chi connectivity index (χ3v) is 1.89. The Morgan fingerprint density at radius 2 is 2.07 bits per heavy atom. The van der Waals surface area contributed by atoms with Crippen molar-refractivity contribution in [2.75, 3.05) is 0 Å². The van der Waals surface area contributed by atoms with Gasteiger partial charge >= 0.3 is 5.97 Å². The molecule has 0 heterocycles. The summed E-state index contributed by atoms with van der Waals surface area (Å²) >= 11 is 0. The molecule has 0 aliphatic heterocycles. The summed E-state index contributed by atoms with van der Waals surface area (Å²) in [7, 11) is 0. The lowest BCUT2D eigenvalue weighted by atomic mass is 10.1. The van der Waals surface area contributed by atoms with Crippen LogP contribution >= 0.6 is 0 Å². The predicted octanol–water partition coefficient (Wildman–Crippen LogP) is 2.19. The molecule has 3 heteroatoms. The minimum atomic E-state index is -0.707. The van der Waals surface area contributed by atoms with E-state index in [9.17, 15) is 4.79 Å². The van der Waals surface area contributed by atoms with E-state index in [1.807, 2.05) is 30.3 Å². The maximum absolute atomic E-state index is 10.8. The standard InChI is InChI=1S/C11H12O3/c1-9(11(12)14-13)7-8-10-5-3-2-4-6-10/h2-7,13H,8H2,1H3. The number of carbonyl (C=O) groups is 1. The SMILES string of the molecule is CC(=CCc1ccccc1)C(=O)OO. The highest BCUT2D eigenvalue weighted by Gasteiger charge is 2.03. The third-order valence-electron chi connectivity index (χ3n) is 1.89. The largest absolute Gasteiger partial charge is 0.368 e. The van der Waals surface area contributed by atoms with Gasteiger partial charge in [0.25, 0.3) is 0 Å². The highest BCUT2D eigenvalue weighted by Crippen LogP contribution is 2.03. The summed E-state index contributed by atoms with van der Waals surface area (Å²) in [5.41, 5.74) is 1.51. The van der Waals surface area contributed by atoms with Crippen molar-refractivity contribution >= 4 is 5.97 Å². The van der Waals surface area contributed by atoms with E-state index >= 15 is 0 Å². The maximum Gasteiger partial charge on any atom is 0.368 e. The minimum Gasteiger partial charge on any atom is -0.296 e. The van der Waals surface area contributed by atoms with Crippen LogP contribution in [0.15, 0.2) is 42.0 Å². The lowest BCUT2D eigenvalue weighted by Crippen LogP contribution is -2.02. The molecule has 0 unspecified atom stereocenters. The van der Waals surface area contributed by atoms with Crippen molar-refractivity contribution in [1.82, 2.24) is 0 Å². The third kappa shape index (κ3) is 3.03. The fourth-order valence-electron chi connectivity index (χ4n) is 1.04. The molecule has 0 aliphatic rings. The molecule has 74 valence electrons. The van der Waals surface area contributed by atoms with E-state index in [0.29, 0.717) is 12.0 Å². The second-order valence-electron chi connectivity index (χ2n) is 2.96. The van der Waals surface area contributed by atoms with Crippen LogP contribution in [0, 0.1) is 0 Å². The molecule has 1 rings (SSSR count). The second-order valence-corrected chi connectivity index (χ2v) is 2.96. The van der Waals surface area contributed by atoms with Crippen molar-refractivity contribution in [3.05, 3.63) is 47.5 Å². The van der Waals surface area contributed by atoms with Gasteiger partial charge in [-0.15, -0.1) is 0 Å². The molecule has 0 aliphatic carbocycles. The minimum absolute atomic E-state index is 0.399. The molecule has 0 saturated carbocycles. The van der Waals surface area contributed by atoms with Crippen molar-refractivity contribution in [1.29, 1.82) is 0 Å². The number of hydrogen-bond donors (Lipinski definition) is 1. The molecule has 0 saturated heterocycles. The van der Waals surface area contributed by atoms with Gasteiger partial charge in [0.2, 0.25) is 0 Å². The van der Waals surface area contributed by atoms with Crippen LogP contribution in [-0.4, -0.2) is 11.2 Å². The monoisotopic (exact) mass is 192 g/mol. The van der Waals surface area contributed by atoms with Gasteiger partial charge in [0, 0.05) is 5.57 Å². The fourth-order valence-corrected chi connectivity index (χ4v) is 1.04. The zero-order valence-electron chi connectivity index (χ0n) is 7.93. The molecular weight excluding hydrogens is 180 g/mol. The molecule has 0 radical (unpaired) electrons. The van der Waals surface area contributed by atoms with Gasteiger partial charge < -0.3 is 0 Å². The Morgan fingerprint density at radius 1 is 1.43 bits per heavy atom. The molecule has 1 aromatic rings. The van der Waals surface area contributed by atoms with Crippen molar-refractivity contribution in [2.45, 2.75) is 13.3 Å². The Balaban J connectivity index is 2.59. The molecule has 0 atom stereocenters. The van der Waals surface area contributed by atoms with E-state index in [2.05, 4.69) is 4.89 Å². The molecule has 14 heavy (non-hydrogen) atoms. The van der Waals surface area contributed by atoms with Crippen LogP contribution in [0.25, 0.3) is 0 Å². The van der Waals surface area contributed by atoms with Crippen LogP contribution in [-0.2, 0) is 16.1 Å². The number of carbonyl (C=O) groups excluding carboxylic acids is 1. The highest BCUT2D eigenvalue weighted by atomic mass is 17.1. The van der Waals surface area contributed by atoms with Crippen LogP contribution < -0.4 is 0 Å². The molecule has 0 aromatic heterocycles. The average Bonchev–Trinajstić information content (AvgIpc) is 2.26. The summed E-state index contributed by atoms with van der Waals surface area (Å²) in [5, 5.41) is 8.11. The smallest absolute Gasteiger partial charge is 0.296 e. The van der Waals surface area contributed by atoms with Gasteiger partial charge in [-0.2, -0.15) is 5.26 Å². The molecule has 0 spiro atoms. The van der Waals surface area contributed by atoms with Crippen LogP contribution in [0.3, 0.4) is 0 Å². The lowest BCUT2D eigenvalue weighted by Gasteiger charge is -1.97. The average molecular weight is 192 g/mol. The first-order valence-corrected chi connectivity index (χ1v) is 4.30. The zero-order chi connectivity index (χ0) is 10.4. The Kier molecular flexibility index (Phi) is 3.88. The number of benzene rings is 1. The van der Waals surface area contributed by atoms with E-state index < -0.39 is 5.97 Å². The Morgan fingerprint density at radius 3 is 2.64 bits per heavy atom. The second kappa shape index (κ2) is 5.19. The van der Waals surface area contributed by atoms with Crippen molar-refractivity contribution in [2.24, 2.45) is 0 Å². The molecule has 0 bridgehead atoms. The summed E-state index contributed by atoms with van der Waals surface area (Å²) in [6.45, 7) is 1.60. The first-order chi connectivity index (χ1) is 6.74. The van der Waals surface area contributed by atoms with E-state index in [4.69, 9.17) is 5.26 Å². The van der Waals surface area contributed by atoms with Gasteiger partial charge in [-0.25, -0.2) is 4.79 Å². The Labute approximate surface area is 82.6 Å². The van der Waals surface area contributed by atoms with E-state index in [0.717, 1.165) is 5.56 Å². The van der Waals surface area contributed by atoms with Gasteiger partial charge in [0.05, 0.1) is 0 Å². The zero-order valence-corrected chi connectivity index (χ0v) is 7.93. The number of allylic oxidation sites excluding steroid dienone is 1. The molecule has 1 aromatic carbocycles. The van der Waals surface area contributed by atoms with Crippen LogP contribution in [0.2, 0.25) is 0 Å².